The van der Waals surface area contributed by atoms with E-state index in [1.54, 1.807) is 17.0 Å². The van der Waals surface area contributed by atoms with Crippen LogP contribution in [-0.2, 0) is 0 Å². The summed E-state index contributed by atoms with van der Waals surface area (Å²) in [6.07, 6.45) is 0. The molecule has 0 aromatic carbocycles. The summed E-state index contributed by atoms with van der Waals surface area (Å²) in [6.45, 7) is 20.9. The molecule has 0 amide bonds. The second-order valence-electron chi connectivity index (χ2n) is 6.91. The summed E-state index contributed by atoms with van der Waals surface area (Å²) < 4.78 is 5.32. The molecule has 0 atom stereocenters. The van der Waals surface area contributed by atoms with E-state index in [-0.39, 0.29) is 21.6 Å². The Morgan fingerprint density at radius 2 is 1.40 bits per heavy atom. The summed E-state index contributed by atoms with van der Waals surface area (Å²) >= 11 is 0.162. The molecule has 0 unspecified atom stereocenters. The number of allylic oxidation sites excluding steroid dienone is 2. The quantitative estimate of drug-likeness (QED) is 0.712. The molecular formula is C17H29AsN2+. The van der Waals surface area contributed by atoms with Crippen molar-refractivity contribution in [1.29, 1.82) is 0 Å². The fourth-order valence-electron chi connectivity index (χ4n) is 3.34. The Hall–Kier alpha value is -0.492. The molecular weight excluding hydrogens is 307 g/mol. The van der Waals surface area contributed by atoms with Crippen molar-refractivity contribution in [2.24, 2.45) is 5.41 Å². The first-order valence-corrected chi connectivity index (χ1v) is 9.35. The first-order chi connectivity index (χ1) is 9.13. The third-order valence-corrected chi connectivity index (χ3v) is 8.78. The SMILES string of the molecule is CC1=C(C)C(C)(C2=[N+](C(C)C)[As]N2C(C)C)C(C)=C1C. The van der Waals surface area contributed by atoms with Crippen LogP contribution in [0.25, 0.3) is 0 Å². The molecule has 1 heterocycles. The van der Waals surface area contributed by atoms with Gasteiger partial charge in [0.05, 0.1) is 0 Å². The normalized spacial score (nSPS) is 23.9. The Balaban J connectivity index is 2.62. The van der Waals surface area contributed by atoms with Gasteiger partial charge in [0.25, 0.3) is 0 Å². The summed E-state index contributed by atoms with van der Waals surface area (Å²) in [6, 6.07) is 1.22. The van der Waals surface area contributed by atoms with Crippen LogP contribution in [0.2, 0.25) is 0 Å². The van der Waals surface area contributed by atoms with Crippen molar-refractivity contribution < 1.29 is 3.49 Å². The zero-order valence-corrected chi connectivity index (χ0v) is 16.4. The van der Waals surface area contributed by atoms with Crippen molar-refractivity contribution in [2.45, 2.75) is 74.4 Å². The van der Waals surface area contributed by atoms with Gasteiger partial charge in [-0.2, -0.15) is 0 Å². The van der Waals surface area contributed by atoms with Gasteiger partial charge in [0.2, 0.25) is 0 Å². The topological polar surface area (TPSA) is 6.25 Å². The average Bonchev–Trinajstić information content (AvgIpc) is 2.43. The maximum absolute atomic E-state index is 2.66. The molecule has 0 aromatic heterocycles. The predicted octanol–water partition coefficient (Wildman–Crippen LogP) is 3.76. The number of hydrogen-bond donors (Lipinski definition) is 0. The molecule has 2 rings (SSSR count). The van der Waals surface area contributed by atoms with E-state index in [2.05, 4.69) is 69.6 Å². The van der Waals surface area contributed by atoms with Crippen LogP contribution in [0.4, 0.5) is 0 Å². The fourth-order valence-corrected chi connectivity index (χ4v) is 5.98. The van der Waals surface area contributed by atoms with Crippen LogP contribution < -0.4 is 0 Å². The Morgan fingerprint density at radius 3 is 1.75 bits per heavy atom. The fraction of sp³-hybridized carbons (Fsp3) is 0.706. The Bertz CT molecular complexity index is 511. The molecule has 0 spiro atoms. The van der Waals surface area contributed by atoms with Gasteiger partial charge in [-0.15, -0.1) is 0 Å². The molecule has 0 bridgehead atoms. The van der Waals surface area contributed by atoms with Gasteiger partial charge in [-0.25, -0.2) is 0 Å². The second kappa shape index (κ2) is 5.05. The molecule has 0 N–H and O–H groups in total. The maximum atomic E-state index is 2.66. The van der Waals surface area contributed by atoms with E-state index in [1.807, 2.05) is 0 Å². The van der Waals surface area contributed by atoms with E-state index in [9.17, 15) is 0 Å². The van der Waals surface area contributed by atoms with Crippen LogP contribution in [0.1, 0.15) is 62.3 Å². The predicted molar refractivity (Wildman–Crippen MR) is 88.0 cm³/mol. The molecule has 111 valence electrons. The molecule has 0 saturated carbocycles. The number of nitrogens with zero attached hydrogens (tertiary/aromatic N) is 2. The standard InChI is InChI=1S/C17H29AsN2/c1-10(2)19-16(20(18-19)11(3)4)17(9)14(7)12(5)13(6)15(17)8/h10-11H,1-9H3/q+1. The zero-order valence-electron chi connectivity index (χ0n) is 14.5. The van der Waals surface area contributed by atoms with Crippen molar-refractivity contribution in [2.75, 3.05) is 0 Å². The van der Waals surface area contributed by atoms with E-state index in [4.69, 9.17) is 0 Å². The molecule has 1 aliphatic heterocycles. The van der Waals surface area contributed by atoms with Gasteiger partial charge in [-0.1, -0.05) is 0 Å². The molecule has 1 radical (unpaired) electrons. The summed E-state index contributed by atoms with van der Waals surface area (Å²) in [5.41, 5.74) is 6.18. The van der Waals surface area contributed by atoms with Crippen molar-refractivity contribution in [3.8, 4) is 0 Å². The number of hydrogen-bond acceptors (Lipinski definition) is 1. The zero-order chi connectivity index (χ0) is 15.4. The first-order valence-electron chi connectivity index (χ1n) is 7.67. The molecule has 0 saturated heterocycles. The third kappa shape index (κ3) is 1.95. The van der Waals surface area contributed by atoms with Crippen LogP contribution in [0.3, 0.4) is 0 Å². The summed E-state index contributed by atoms with van der Waals surface area (Å²) in [5, 5.41) is 0. The van der Waals surface area contributed by atoms with E-state index >= 15 is 0 Å². The van der Waals surface area contributed by atoms with Crippen molar-refractivity contribution in [1.82, 2.24) is 3.82 Å². The summed E-state index contributed by atoms with van der Waals surface area (Å²) in [4.78, 5) is 0. The van der Waals surface area contributed by atoms with E-state index in [1.165, 1.54) is 11.1 Å². The van der Waals surface area contributed by atoms with Crippen LogP contribution in [-0.4, -0.2) is 41.4 Å². The molecule has 1 aliphatic carbocycles. The van der Waals surface area contributed by atoms with Crippen LogP contribution in [0.5, 0.6) is 0 Å². The van der Waals surface area contributed by atoms with Gasteiger partial charge in [-0.05, 0) is 0 Å². The molecule has 3 heteroatoms. The first kappa shape index (κ1) is 15.9. The molecule has 0 fully saturated rings. The minimum atomic E-state index is 0.108. The Kier molecular flexibility index (Phi) is 4.01. The molecule has 2 nitrogen and oxygen atoms in total. The molecule has 0 aromatic rings. The van der Waals surface area contributed by atoms with Crippen molar-refractivity contribution in [3.05, 3.63) is 22.3 Å². The number of rotatable bonds is 3. The van der Waals surface area contributed by atoms with Gasteiger partial charge in [0, 0.05) is 0 Å². The van der Waals surface area contributed by atoms with Crippen LogP contribution >= 0.6 is 0 Å². The third-order valence-electron chi connectivity index (χ3n) is 5.24. The average molecular weight is 336 g/mol. The second-order valence-corrected chi connectivity index (χ2v) is 9.10. The van der Waals surface area contributed by atoms with E-state index < -0.39 is 0 Å². The van der Waals surface area contributed by atoms with Gasteiger partial charge < -0.3 is 0 Å². The van der Waals surface area contributed by atoms with Gasteiger partial charge in [-0.3, -0.25) is 0 Å². The minimum absolute atomic E-state index is 0.108. The van der Waals surface area contributed by atoms with Crippen molar-refractivity contribution >= 4 is 22.0 Å². The van der Waals surface area contributed by atoms with Crippen molar-refractivity contribution in [3.63, 3.8) is 0 Å². The van der Waals surface area contributed by atoms with Crippen LogP contribution in [0, 0.1) is 5.41 Å². The van der Waals surface area contributed by atoms with Gasteiger partial charge >= 0.3 is 131 Å². The van der Waals surface area contributed by atoms with Crippen LogP contribution in [0.15, 0.2) is 22.3 Å². The molecule has 20 heavy (non-hydrogen) atoms. The monoisotopic (exact) mass is 336 g/mol. The Morgan fingerprint density at radius 1 is 0.950 bits per heavy atom. The van der Waals surface area contributed by atoms with Gasteiger partial charge in [0.1, 0.15) is 0 Å². The summed E-state index contributed by atoms with van der Waals surface area (Å²) in [5.74, 6) is 1.55. The molecule has 2 aliphatic rings. The van der Waals surface area contributed by atoms with E-state index in [0.717, 1.165) is 0 Å². The van der Waals surface area contributed by atoms with E-state index in [0.29, 0.717) is 12.1 Å². The van der Waals surface area contributed by atoms with Gasteiger partial charge in [0.15, 0.2) is 0 Å². The number of amidine groups is 1. The summed E-state index contributed by atoms with van der Waals surface area (Å²) in [7, 11) is 0. The Labute approximate surface area is 131 Å².